The standard InChI is InChI=1S/C22H28N2O3S2/c1-15-11-13-17(14-12-15)29(26,27)24-22-20(18-9-5-6-10-19(18)28-22)21(25)23-16-7-3-2-4-8-16/h11-14,16,24H,2-10H2,1H3,(H,23,25). The molecule has 1 aromatic heterocycles. The molecule has 29 heavy (non-hydrogen) atoms. The minimum Gasteiger partial charge on any atom is -0.349 e. The molecule has 0 spiro atoms. The Kier molecular flexibility index (Phi) is 5.97. The van der Waals surface area contributed by atoms with Crippen LogP contribution < -0.4 is 10.0 Å². The number of nitrogens with one attached hydrogen (secondary N) is 2. The van der Waals surface area contributed by atoms with Crippen LogP contribution in [0.3, 0.4) is 0 Å². The first-order chi connectivity index (χ1) is 13.9. The van der Waals surface area contributed by atoms with Crippen LogP contribution in [-0.4, -0.2) is 20.4 Å². The Morgan fingerprint density at radius 3 is 2.41 bits per heavy atom. The van der Waals surface area contributed by atoms with Gasteiger partial charge in [0.05, 0.1) is 10.5 Å². The first kappa shape index (κ1) is 20.4. The van der Waals surface area contributed by atoms with Crippen molar-refractivity contribution in [2.75, 3.05) is 4.72 Å². The molecule has 0 unspecified atom stereocenters. The molecule has 1 saturated carbocycles. The van der Waals surface area contributed by atoms with E-state index in [1.807, 2.05) is 6.92 Å². The molecule has 1 heterocycles. The van der Waals surface area contributed by atoms with Gasteiger partial charge >= 0.3 is 0 Å². The van der Waals surface area contributed by atoms with Crippen LogP contribution in [0, 0.1) is 6.92 Å². The summed E-state index contributed by atoms with van der Waals surface area (Å²) in [6, 6.07) is 6.96. The summed E-state index contributed by atoms with van der Waals surface area (Å²) in [6.07, 6.45) is 9.38. The number of benzene rings is 1. The van der Waals surface area contributed by atoms with Crippen LogP contribution in [0.5, 0.6) is 0 Å². The minimum absolute atomic E-state index is 0.127. The Morgan fingerprint density at radius 1 is 1.00 bits per heavy atom. The SMILES string of the molecule is Cc1ccc(S(=O)(=O)Nc2sc3c(c2C(=O)NC2CCCCC2)CCCC3)cc1. The van der Waals surface area contributed by atoms with Gasteiger partial charge in [-0.15, -0.1) is 11.3 Å². The summed E-state index contributed by atoms with van der Waals surface area (Å²) in [5.41, 5.74) is 2.59. The topological polar surface area (TPSA) is 75.3 Å². The molecule has 5 nitrogen and oxygen atoms in total. The van der Waals surface area contributed by atoms with Crippen molar-refractivity contribution in [3.63, 3.8) is 0 Å². The first-order valence-electron chi connectivity index (χ1n) is 10.5. The van der Waals surface area contributed by atoms with Gasteiger partial charge in [-0.1, -0.05) is 37.0 Å². The van der Waals surface area contributed by atoms with Crippen LogP contribution in [-0.2, 0) is 22.9 Å². The lowest BCUT2D eigenvalue weighted by Gasteiger charge is -2.23. The fourth-order valence-corrected chi connectivity index (χ4v) is 6.87. The number of amides is 1. The number of anilines is 1. The Balaban J connectivity index is 1.64. The van der Waals surface area contributed by atoms with E-state index in [-0.39, 0.29) is 16.8 Å². The molecule has 2 N–H and O–H groups in total. The predicted molar refractivity (Wildman–Crippen MR) is 117 cm³/mol. The quantitative estimate of drug-likeness (QED) is 0.713. The van der Waals surface area contributed by atoms with Crippen LogP contribution in [0.2, 0.25) is 0 Å². The molecule has 0 bridgehead atoms. The largest absolute Gasteiger partial charge is 0.349 e. The van der Waals surface area contributed by atoms with Crippen molar-refractivity contribution in [1.29, 1.82) is 0 Å². The predicted octanol–water partition coefficient (Wildman–Crippen LogP) is 4.80. The molecule has 0 saturated heterocycles. The van der Waals surface area contributed by atoms with Gasteiger partial charge in [0, 0.05) is 10.9 Å². The second kappa shape index (κ2) is 8.48. The number of carbonyl (C=O) groups is 1. The molecule has 2 aliphatic carbocycles. The highest BCUT2D eigenvalue weighted by atomic mass is 32.2. The van der Waals surface area contributed by atoms with Crippen molar-refractivity contribution < 1.29 is 13.2 Å². The number of hydrogen-bond acceptors (Lipinski definition) is 4. The fraction of sp³-hybridized carbons (Fsp3) is 0.500. The van der Waals surface area contributed by atoms with Crippen molar-refractivity contribution >= 4 is 32.3 Å². The Hall–Kier alpha value is -1.86. The first-order valence-corrected chi connectivity index (χ1v) is 12.8. The second-order valence-corrected chi connectivity index (χ2v) is 10.9. The second-order valence-electron chi connectivity index (χ2n) is 8.14. The minimum atomic E-state index is -3.74. The molecule has 2 aromatic rings. The van der Waals surface area contributed by atoms with Gasteiger partial charge in [-0.25, -0.2) is 8.42 Å². The molecule has 2 aliphatic rings. The van der Waals surface area contributed by atoms with E-state index in [4.69, 9.17) is 0 Å². The number of carbonyl (C=O) groups excluding carboxylic acids is 1. The van der Waals surface area contributed by atoms with Crippen molar-refractivity contribution in [3.8, 4) is 0 Å². The van der Waals surface area contributed by atoms with Crippen LogP contribution in [0.15, 0.2) is 29.2 Å². The number of hydrogen-bond donors (Lipinski definition) is 2. The average Bonchev–Trinajstić information content (AvgIpc) is 3.06. The summed E-state index contributed by atoms with van der Waals surface area (Å²) in [7, 11) is -3.74. The summed E-state index contributed by atoms with van der Waals surface area (Å²) in [6.45, 7) is 1.92. The number of aryl methyl sites for hydroxylation is 2. The number of thiophene rings is 1. The van der Waals surface area contributed by atoms with Crippen LogP contribution >= 0.6 is 11.3 Å². The third-order valence-electron chi connectivity index (χ3n) is 5.90. The van der Waals surface area contributed by atoms with E-state index in [1.165, 1.54) is 17.8 Å². The van der Waals surface area contributed by atoms with Gasteiger partial charge in [0.15, 0.2) is 0 Å². The number of sulfonamides is 1. The molecule has 4 rings (SSSR count). The van der Waals surface area contributed by atoms with Crippen molar-refractivity contribution in [2.24, 2.45) is 0 Å². The van der Waals surface area contributed by atoms with Gasteiger partial charge in [-0.2, -0.15) is 0 Å². The lowest BCUT2D eigenvalue weighted by molar-refractivity contribution is 0.0928. The lowest BCUT2D eigenvalue weighted by Crippen LogP contribution is -2.37. The van der Waals surface area contributed by atoms with Crippen LogP contribution in [0.25, 0.3) is 0 Å². The van der Waals surface area contributed by atoms with E-state index in [0.717, 1.165) is 67.4 Å². The molecular weight excluding hydrogens is 404 g/mol. The third kappa shape index (κ3) is 4.51. The van der Waals surface area contributed by atoms with E-state index < -0.39 is 10.0 Å². The highest BCUT2D eigenvalue weighted by molar-refractivity contribution is 7.93. The smallest absolute Gasteiger partial charge is 0.262 e. The van der Waals surface area contributed by atoms with E-state index in [0.29, 0.717) is 10.6 Å². The van der Waals surface area contributed by atoms with Gasteiger partial charge in [-0.05, 0) is 63.1 Å². The van der Waals surface area contributed by atoms with Gasteiger partial charge < -0.3 is 5.32 Å². The molecule has 7 heteroatoms. The Bertz CT molecular complexity index is 988. The molecule has 1 amide bonds. The molecular formula is C22H28N2O3S2. The molecule has 156 valence electrons. The maximum atomic E-state index is 13.2. The molecule has 1 fully saturated rings. The van der Waals surface area contributed by atoms with E-state index >= 15 is 0 Å². The van der Waals surface area contributed by atoms with Crippen molar-refractivity contribution in [3.05, 3.63) is 45.8 Å². The number of rotatable bonds is 5. The fourth-order valence-electron chi connectivity index (χ4n) is 4.28. The van der Waals surface area contributed by atoms with Gasteiger partial charge in [-0.3, -0.25) is 9.52 Å². The highest BCUT2D eigenvalue weighted by Gasteiger charge is 2.29. The summed E-state index contributed by atoms with van der Waals surface area (Å²) >= 11 is 1.43. The molecule has 0 radical (unpaired) electrons. The van der Waals surface area contributed by atoms with Crippen LogP contribution in [0.1, 0.15) is 71.3 Å². The third-order valence-corrected chi connectivity index (χ3v) is 8.60. The highest BCUT2D eigenvalue weighted by Crippen LogP contribution is 2.39. The van der Waals surface area contributed by atoms with Crippen LogP contribution in [0.4, 0.5) is 5.00 Å². The molecule has 0 atom stereocenters. The summed E-state index contributed by atoms with van der Waals surface area (Å²) in [5.74, 6) is -0.127. The van der Waals surface area contributed by atoms with E-state index in [9.17, 15) is 13.2 Å². The maximum Gasteiger partial charge on any atom is 0.262 e. The van der Waals surface area contributed by atoms with Crippen molar-refractivity contribution in [1.82, 2.24) is 5.32 Å². The van der Waals surface area contributed by atoms with E-state index in [1.54, 1.807) is 24.3 Å². The van der Waals surface area contributed by atoms with Crippen molar-refractivity contribution in [2.45, 2.75) is 75.6 Å². The summed E-state index contributed by atoms with van der Waals surface area (Å²) in [4.78, 5) is 14.6. The lowest BCUT2D eigenvalue weighted by atomic mass is 9.93. The Morgan fingerprint density at radius 2 is 1.69 bits per heavy atom. The summed E-state index contributed by atoms with van der Waals surface area (Å²) in [5, 5.41) is 3.64. The summed E-state index contributed by atoms with van der Waals surface area (Å²) < 4.78 is 28.6. The monoisotopic (exact) mass is 432 g/mol. The molecule has 0 aliphatic heterocycles. The zero-order valence-corrected chi connectivity index (χ0v) is 18.4. The average molecular weight is 433 g/mol. The maximum absolute atomic E-state index is 13.2. The van der Waals surface area contributed by atoms with E-state index in [2.05, 4.69) is 10.0 Å². The number of fused-ring (bicyclic) bond motifs is 1. The normalized spacial score (nSPS) is 17.6. The zero-order chi connectivity index (χ0) is 20.4. The molecule has 1 aromatic carbocycles. The van der Waals surface area contributed by atoms with Gasteiger partial charge in [0.25, 0.3) is 15.9 Å². The zero-order valence-electron chi connectivity index (χ0n) is 16.8. The van der Waals surface area contributed by atoms with Gasteiger partial charge in [0.2, 0.25) is 0 Å². The van der Waals surface area contributed by atoms with Gasteiger partial charge in [0.1, 0.15) is 5.00 Å². The Labute approximate surface area is 177 Å².